The second kappa shape index (κ2) is 12.3. The van der Waals surface area contributed by atoms with Crippen molar-refractivity contribution < 1.29 is 4.79 Å². The number of nitrogens with one attached hydrogen (secondary N) is 1. The zero-order valence-corrected chi connectivity index (χ0v) is 20.6. The van der Waals surface area contributed by atoms with Crippen molar-refractivity contribution in [3.05, 3.63) is 114 Å². The fourth-order valence-corrected chi connectivity index (χ4v) is 3.84. The summed E-state index contributed by atoms with van der Waals surface area (Å²) in [4.78, 5) is 21.9. The second-order valence-electron chi connectivity index (χ2n) is 7.84. The molecular formula is C27H28Cl2N4O. The molecule has 0 bridgehead atoms. The van der Waals surface area contributed by atoms with Gasteiger partial charge in [-0.1, -0.05) is 72.8 Å². The van der Waals surface area contributed by atoms with Crippen LogP contribution in [0.4, 0.5) is 5.69 Å². The average Bonchev–Trinajstić information content (AvgIpc) is 2.83. The van der Waals surface area contributed by atoms with E-state index in [2.05, 4.69) is 15.3 Å². The summed E-state index contributed by atoms with van der Waals surface area (Å²) in [6.07, 6.45) is 1.82. The van der Waals surface area contributed by atoms with Crippen molar-refractivity contribution in [2.45, 2.75) is 25.8 Å². The first-order chi connectivity index (χ1) is 15.5. The van der Waals surface area contributed by atoms with E-state index in [0.717, 1.165) is 33.8 Å². The highest BCUT2D eigenvalue weighted by molar-refractivity contribution is 5.96. The first-order valence-electron chi connectivity index (χ1n) is 10.6. The van der Waals surface area contributed by atoms with Gasteiger partial charge >= 0.3 is 0 Å². The van der Waals surface area contributed by atoms with Gasteiger partial charge < -0.3 is 11.1 Å². The first-order valence-corrected chi connectivity index (χ1v) is 10.6. The summed E-state index contributed by atoms with van der Waals surface area (Å²) in [6, 6.07) is 26.7. The standard InChI is InChI=1S/C27H26N4O.2ClH/c1-18-17-29-19(2)30-26(18)22-13-15-23(16-14-22)31-27(32)25(28)24(20-9-5-3-6-10-20)21-11-7-4-8-12-21;;/h3-17,24-25H,28H2,1-2H3,(H,31,32);2*1H/t25-;;/m0../s1. The number of anilines is 1. The molecule has 0 aliphatic carbocycles. The molecule has 0 unspecified atom stereocenters. The van der Waals surface area contributed by atoms with Gasteiger partial charge in [0.1, 0.15) is 5.82 Å². The van der Waals surface area contributed by atoms with Crippen LogP contribution < -0.4 is 11.1 Å². The zero-order valence-electron chi connectivity index (χ0n) is 19.0. The summed E-state index contributed by atoms with van der Waals surface area (Å²) >= 11 is 0. The van der Waals surface area contributed by atoms with Gasteiger partial charge in [0, 0.05) is 23.4 Å². The molecule has 4 rings (SSSR count). The van der Waals surface area contributed by atoms with Crippen LogP contribution in [0.25, 0.3) is 11.3 Å². The molecule has 176 valence electrons. The number of nitrogens with zero attached hydrogens (tertiary/aromatic N) is 2. The maximum atomic E-state index is 13.1. The van der Waals surface area contributed by atoms with Crippen molar-refractivity contribution in [1.29, 1.82) is 0 Å². The fourth-order valence-electron chi connectivity index (χ4n) is 3.84. The predicted molar refractivity (Wildman–Crippen MR) is 143 cm³/mol. The monoisotopic (exact) mass is 494 g/mol. The van der Waals surface area contributed by atoms with Gasteiger partial charge in [0.15, 0.2) is 0 Å². The normalized spacial score (nSPS) is 11.2. The highest BCUT2D eigenvalue weighted by Crippen LogP contribution is 2.28. The number of aryl methyl sites for hydroxylation is 2. The number of rotatable bonds is 6. The average molecular weight is 495 g/mol. The van der Waals surface area contributed by atoms with Crippen LogP contribution in [0.5, 0.6) is 0 Å². The number of amides is 1. The minimum Gasteiger partial charge on any atom is -0.325 e. The molecule has 34 heavy (non-hydrogen) atoms. The molecule has 0 spiro atoms. The van der Waals surface area contributed by atoms with Crippen molar-refractivity contribution >= 4 is 36.4 Å². The summed E-state index contributed by atoms with van der Waals surface area (Å²) in [5.41, 5.74) is 12.1. The molecule has 0 aliphatic heterocycles. The molecule has 0 saturated heterocycles. The molecule has 3 N–H and O–H groups in total. The van der Waals surface area contributed by atoms with E-state index in [1.807, 2.05) is 105 Å². The van der Waals surface area contributed by atoms with E-state index in [0.29, 0.717) is 5.69 Å². The second-order valence-corrected chi connectivity index (χ2v) is 7.84. The number of halogens is 2. The summed E-state index contributed by atoms with van der Waals surface area (Å²) in [5.74, 6) is 0.245. The van der Waals surface area contributed by atoms with E-state index in [9.17, 15) is 4.79 Å². The van der Waals surface area contributed by atoms with Gasteiger partial charge in [0.05, 0.1) is 11.7 Å². The lowest BCUT2D eigenvalue weighted by Gasteiger charge is -2.24. The number of benzene rings is 3. The van der Waals surface area contributed by atoms with Crippen LogP contribution in [-0.2, 0) is 4.79 Å². The minimum absolute atomic E-state index is 0. The lowest BCUT2D eigenvalue weighted by Crippen LogP contribution is -2.41. The van der Waals surface area contributed by atoms with E-state index in [1.54, 1.807) is 0 Å². The summed E-state index contributed by atoms with van der Waals surface area (Å²) in [6.45, 7) is 3.85. The van der Waals surface area contributed by atoms with Crippen LogP contribution in [0, 0.1) is 13.8 Å². The van der Waals surface area contributed by atoms with E-state index in [-0.39, 0.29) is 36.6 Å². The number of carbonyl (C=O) groups excluding carboxylic acids is 1. The molecule has 5 nitrogen and oxygen atoms in total. The van der Waals surface area contributed by atoms with Crippen LogP contribution in [0.15, 0.2) is 91.1 Å². The van der Waals surface area contributed by atoms with Gasteiger partial charge in [0.2, 0.25) is 5.91 Å². The Bertz CT molecular complexity index is 1160. The van der Waals surface area contributed by atoms with E-state index in [1.165, 1.54) is 0 Å². The third kappa shape index (κ3) is 6.20. The van der Waals surface area contributed by atoms with Gasteiger partial charge in [-0.15, -0.1) is 24.8 Å². The van der Waals surface area contributed by atoms with E-state index >= 15 is 0 Å². The summed E-state index contributed by atoms with van der Waals surface area (Å²) in [5, 5.41) is 2.97. The Balaban J connectivity index is 0.00000204. The summed E-state index contributed by atoms with van der Waals surface area (Å²) < 4.78 is 0. The number of hydrogen-bond donors (Lipinski definition) is 2. The molecule has 1 atom stereocenters. The molecule has 1 amide bonds. The zero-order chi connectivity index (χ0) is 22.5. The third-order valence-corrected chi connectivity index (χ3v) is 5.50. The maximum absolute atomic E-state index is 13.1. The summed E-state index contributed by atoms with van der Waals surface area (Å²) in [7, 11) is 0. The van der Waals surface area contributed by atoms with Crippen LogP contribution in [-0.4, -0.2) is 21.9 Å². The quantitative estimate of drug-likeness (QED) is 0.360. The Hall–Kier alpha value is -3.25. The topological polar surface area (TPSA) is 80.9 Å². The number of aromatic nitrogens is 2. The number of hydrogen-bond acceptors (Lipinski definition) is 4. The van der Waals surface area contributed by atoms with Crippen molar-refractivity contribution in [3.8, 4) is 11.3 Å². The Morgan fingerprint density at radius 2 is 1.35 bits per heavy atom. The third-order valence-electron chi connectivity index (χ3n) is 5.50. The fraction of sp³-hybridized carbons (Fsp3) is 0.148. The Labute approximate surface area is 212 Å². The van der Waals surface area contributed by atoms with Crippen molar-refractivity contribution in [2.24, 2.45) is 5.73 Å². The smallest absolute Gasteiger partial charge is 0.242 e. The van der Waals surface area contributed by atoms with Crippen LogP contribution in [0.1, 0.15) is 28.4 Å². The molecule has 0 saturated carbocycles. The molecule has 7 heteroatoms. The molecule has 4 aromatic rings. The lowest BCUT2D eigenvalue weighted by atomic mass is 9.85. The predicted octanol–water partition coefficient (Wildman–Crippen LogP) is 5.70. The molecule has 3 aromatic carbocycles. The Kier molecular flexibility index (Phi) is 9.75. The van der Waals surface area contributed by atoms with Gasteiger partial charge in [0.25, 0.3) is 0 Å². The number of nitrogens with two attached hydrogens (primary N) is 1. The van der Waals surface area contributed by atoms with Crippen LogP contribution >= 0.6 is 24.8 Å². The Morgan fingerprint density at radius 1 is 0.824 bits per heavy atom. The SMILES string of the molecule is Cc1ncc(C)c(-c2ccc(NC(=O)[C@@H](N)C(c3ccccc3)c3ccccc3)cc2)n1.Cl.Cl. The van der Waals surface area contributed by atoms with Crippen molar-refractivity contribution in [1.82, 2.24) is 9.97 Å². The molecular weight excluding hydrogens is 467 g/mol. The van der Waals surface area contributed by atoms with Gasteiger partial charge in [-0.2, -0.15) is 0 Å². The van der Waals surface area contributed by atoms with Crippen molar-refractivity contribution in [3.63, 3.8) is 0 Å². The van der Waals surface area contributed by atoms with E-state index < -0.39 is 6.04 Å². The van der Waals surface area contributed by atoms with Gasteiger partial charge in [-0.05, 0) is 42.7 Å². The molecule has 0 fully saturated rings. The van der Waals surface area contributed by atoms with Gasteiger partial charge in [-0.25, -0.2) is 9.97 Å². The highest BCUT2D eigenvalue weighted by atomic mass is 35.5. The van der Waals surface area contributed by atoms with Crippen LogP contribution in [0.3, 0.4) is 0 Å². The van der Waals surface area contributed by atoms with Crippen LogP contribution in [0.2, 0.25) is 0 Å². The lowest BCUT2D eigenvalue weighted by molar-refractivity contribution is -0.117. The molecule has 0 aliphatic rings. The maximum Gasteiger partial charge on any atom is 0.242 e. The first kappa shape index (κ1) is 27.0. The Morgan fingerprint density at radius 3 is 1.88 bits per heavy atom. The number of carbonyl (C=O) groups is 1. The largest absolute Gasteiger partial charge is 0.325 e. The minimum atomic E-state index is -0.744. The molecule has 0 radical (unpaired) electrons. The molecule has 1 aromatic heterocycles. The van der Waals surface area contributed by atoms with Gasteiger partial charge in [-0.3, -0.25) is 4.79 Å². The molecule has 1 heterocycles. The van der Waals surface area contributed by atoms with E-state index in [4.69, 9.17) is 5.73 Å². The van der Waals surface area contributed by atoms with Crippen molar-refractivity contribution in [2.75, 3.05) is 5.32 Å². The highest BCUT2D eigenvalue weighted by Gasteiger charge is 2.27.